The molecule has 2 rings (SSSR count). The molecule has 0 aliphatic heterocycles. The van der Waals surface area contributed by atoms with Crippen LogP contribution in [0.4, 0.5) is 5.69 Å². The zero-order valence-corrected chi connectivity index (χ0v) is 13.1. The smallest absolute Gasteiger partial charge is 0.228 e. The Bertz CT molecular complexity index is 712. The van der Waals surface area contributed by atoms with Gasteiger partial charge in [0.25, 0.3) is 0 Å². The molecular formula is C13H15ClN8O. The Labute approximate surface area is 137 Å². The van der Waals surface area contributed by atoms with E-state index in [1.54, 1.807) is 36.4 Å². The van der Waals surface area contributed by atoms with Gasteiger partial charge in [-0.2, -0.15) is 5.10 Å². The van der Waals surface area contributed by atoms with E-state index in [9.17, 15) is 4.79 Å². The van der Waals surface area contributed by atoms with Gasteiger partial charge in [0.1, 0.15) is 12.0 Å². The molecule has 0 fully saturated rings. The van der Waals surface area contributed by atoms with E-state index in [1.807, 2.05) is 6.07 Å². The Morgan fingerprint density at radius 1 is 1.57 bits per heavy atom. The molecule has 23 heavy (non-hydrogen) atoms. The number of halogens is 1. The third-order valence-corrected chi connectivity index (χ3v) is 3.22. The maximum absolute atomic E-state index is 12.1. The third kappa shape index (κ3) is 4.33. The minimum absolute atomic E-state index is 0.153. The lowest BCUT2D eigenvalue weighted by molar-refractivity contribution is -0.118. The summed E-state index contributed by atoms with van der Waals surface area (Å²) in [5.74, 6) is 4.67. The van der Waals surface area contributed by atoms with Gasteiger partial charge in [-0.1, -0.05) is 16.8 Å². The second-order valence-electron chi connectivity index (χ2n) is 4.42. The van der Waals surface area contributed by atoms with Crippen LogP contribution in [0.25, 0.3) is 5.69 Å². The Morgan fingerprint density at radius 2 is 2.39 bits per heavy atom. The molecule has 0 saturated heterocycles. The fourth-order valence-corrected chi connectivity index (χ4v) is 2.03. The summed E-state index contributed by atoms with van der Waals surface area (Å²) in [5.41, 5.74) is 1.25. The molecule has 2 aromatic heterocycles. The van der Waals surface area contributed by atoms with E-state index in [0.29, 0.717) is 5.69 Å². The van der Waals surface area contributed by atoms with Crippen LogP contribution >= 0.6 is 11.6 Å². The quantitative estimate of drug-likeness (QED) is 0.284. The van der Waals surface area contributed by atoms with Crippen LogP contribution in [0.2, 0.25) is 5.15 Å². The molecule has 0 spiro atoms. The lowest BCUT2D eigenvalue weighted by Crippen LogP contribution is -2.26. The van der Waals surface area contributed by atoms with Crippen molar-refractivity contribution in [3.63, 3.8) is 0 Å². The molecule has 0 saturated carbocycles. The van der Waals surface area contributed by atoms with Gasteiger partial charge in [-0.15, -0.1) is 5.11 Å². The normalized spacial score (nSPS) is 11.4. The molecular weight excluding hydrogens is 320 g/mol. The van der Waals surface area contributed by atoms with Crippen molar-refractivity contribution in [2.75, 3.05) is 18.5 Å². The van der Waals surface area contributed by atoms with E-state index >= 15 is 0 Å². The van der Waals surface area contributed by atoms with Crippen LogP contribution in [0.15, 0.2) is 46.1 Å². The lowest BCUT2D eigenvalue weighted by atomic mass is 10.3. The van der Waals surface area contributed by atoms with Gasteiger partial charge in [0.2, 0.25) is 5.91 Å². The second kappa shape index (κ2) is 7.99. The second-order valence-corrected chi connectivity index (χ2v) is 4.77. The average molecular weight is 335 g/mol. The van der Waals surface area contributed by atoms with Gasteiger partial charge in [0.05, 0.1) is 18.1 Å². The number of rotatable bonds is 6. The highest BCUT2D eigenvalue weighted by molar-refractivity contribution is 6.32. The first-order chi connectivity index (χ1) is 11.1. The largest absolute Gasteiger partial charge is 0.311 e. The predicted octanol–water partition coefficient (Wildman–Crippen LogP) is 1.63. The molecule has 120 valence electrons. The highest BCUT2D eigenvalue weighted by atomic mass is 35.5. The van der Waals surface area contributed by atoms with Crippen LogP contribution in [-0.4, -0.2) is 40.6 Å². The van der Waals surface area contributed by atoms with Crippen LogP contribution in [0, 0.1) is 0 Å². The zero-order chi connectivity index (χ0) is 16.7. The highest BCUT2D eigenvalue weighted by Crippen LogP contribution is 2.25. The SMILES string of the molecule is CN(C(=O)CCN=CN=NN)c1cn(-c2cccnc2)nc1Cl. The number of pyridine rings is 1. The van der Waals surface area contributed by atoms with E-state index < -0.39 is 0 Å². The van der Waals surface area contributed by atoms with Crippen molar-refractivity contribution in [3.05, 3.63) is 35.9 Å². The summed E-state index contributed by atoms with van der Waals surface area (Å²) in [6, 6.07) is 3.62. The first-order valence-electron chi connectivity index (χ1n) is 6.64. The number of nitrogens with two attached hydrogens (primary N) is 1. The van der Waals surface area contributed by atoms with Crippen LogP contribution in [0.3, 0.4) is 0 Å². The minimum Gasteiger partial charge on any atom is -0.311 e. The van der Waals surface area contributed by atoms with E-state index in [4.69, 9.17) is 17.4 Å². The average Bonchev–Trinajstić information content (AvgIpc) is 2.96. The highest BCUT2D eigenvalue weighted by Gasteiger charge is 2.17. The maximum Gasteiger partial charge on any atom is 0.228 e. The summed E-state index contributed by atoms with van der Waals surface area (Å²) in [4.78, 5) is 21.5. The predicted molar refractivity (Wildman–Crippen MR) is 86.8 cm³/mol. The molecule has 0 aromatic carbocycles. The van der Waals surface area contributed by atoms with Crippen molar-refractivity contribution in [1.82, 2.24) is 14.8 Å². The first-order valence-corrected chi connectivity index (χ1v) is 7.01. The monoisotopic (exact) mass is 334 g/mol. The van der Waals surface area contributed by atoms with Crippen molar-refractivity contribution in [2.24, 2.45) is 21.2 Å². The molecule has 2 heterocycles. The number of aromatic nitrogens is 3. The van der Waals surface area contributed by atoms with Gasteiger partial charge in [-0.25, -0.2) is 4.68 Å². The van der Waals surface area contributed by atoms with E-state index in [0.717, 1.165) is 5.69 Å². The molecule has 0 aliphatic carbocycles. The Morgan fingerprint density at radius 3 is 3.09 bits per heavy atom. The van der Waals surface area contributed by atoms with Crippen LogP contribution in [0.5, 0.6) is 0 Å². The summed E-state index contributed by atoms with van der Waals surface area (Å²) in [6.07, 6.45) is 6.37. The molecule has 0 bridgehead atoms. The number of anilines is 1. The van der Waals surface area contributed by atoms with Gasteiger partial charge in [0, 0.05) is 26.2 Å². The van der Waals surface area contributed by atoms with Crippen molar-refractivity contribution >= 4 is 29.5 Å². The molecule has 2 N–H and O–H groups in total. The fraction of sp³-hybridized carbons (Fsp3) is 0.231. The number of hydrogen-bond acceptors (Lipinski definition) is 5. The van der Waals surface area contributed by atoms with Gasteiger partial charge in [-0.05, 0) is 12.1 Å². The summed E-state index contributed by atoms with van der Waals surface area (Å²) in [5, 5.41) is 10.8. The standard InChI is InChI=1S/C13H15ClN8O/c1-21(12(23)4-6-17-9-18-20-15)11-8-22(19-13(11)14)10-3-2-5-16-7-10/h2-3,5,7-9H,4,6H2,1H3,(H2,15,17,18). The minimum atomic E-state index is -0.153. The fourth-order valence-electron chi connectivity index (χ4n) is 1.78. The topological polar surface area (TPSA) is 114 Å². The zero-order valence-electron chi connectivity index (χ0n) is 12.4. The van der Waals surface area contributed by atoms with E-state index in [1.165, 1.54) is 11.2 Å². The van der Waals surface area contributed by atoms with Crippen LogP contribution in [-0.2, 0) is 4.79 Å². The van der Waals surface area contributed by atoms with Crippen molar-refractivity contribution in [3.8, 4) is 5.69 Å². The summed E-state index contributed by atoms with van der Waals surface area (Å²) < 4.78 is 1.56. The maximum atomic E-state index is 12.1. The molecule has 9 nitrogen and oxygen atoms in total. The number of amides is 1. The number of carbonyl (C=O) groups excluding carboxylic acids is 1. The van der Waals surface area contributed by atoms with Crippen molar-refractivity contribution < 1.29 is 4.79 Å². The van der Waals surface area contributed by atoms with Gasteiger partial charge < -0.3 is 10.7 Å². The van der Waals surface area contributed by atoms with Crippen LogP contribution < -0.4 is 10.7 Å². The summed E-state index contributed by atoms with van der Waals surface area (Å²) in [6.45, 7) is 0.274. The van der Waals surface area contributed by atoms with Crippen molar-refractivity contribution in [2.45, 2.75) is 6.42 Å². The number of aliphatic imine (C=N–C) groups is 1. The molecule has 0 atom stereocenters. The van der Waals surface area contributed by atoms with E-state index in [2.05, 4.69) is 25.4 Å². The van der Waals surface area contributed by atoms with Gasteiger partial charge in [0.15, 0.2) is 5.15 Å². The Kier molecular flexibility index (Phi) is 5.75. The molecule has 0 unspecified atom stereocenters. The first kappa shape index (κ1) is 16.6. The molecule has 2 aromatic rings. The summed E-state index contributed by atoms with van der Waals surface area (Å²) in [7, 11) is 1.63. The van der Waals surface area contributed by atoms with Crippen LogP contribution in [0.1, 0.15) is 6.42 Å². The Hall–Kier alpha value is -2.81. The molecule has 0 radical (unpaired) electrons. The van der Waals surface area contributed by atoms with E-state index in [-0.39, 0.29) is 24.0 Å². The van der Waals surface area contributed by atoms with Gasteiger partial charge in [-0.3, -0.25) is 14.8 Å². The molecule has 10 heteroatoms. The summed E-state index contributed by atoms with van der Waals surface area (Å²) >= 11 is 6.12. The number of hydrogen-bond donors (Lipinski definition) is 1. The third-order valence-electron chi connectivity index (χ3n) is 2.95. The van der Waals surface area contributed by atoms with Gasteiger partial charge >= 0.3 is 0 Å². The molecule has 0 aliphatic rings. The molecule has 1 amide bonds. The lowest BCUT2D eigenvalue weighted by Gasteiger charge is -2.14. The van der Waals surface area contributed by atoms with Crippen molar-refractivity contribution in [1.29, 1.82) is 0 Å². The number of nitrogens with zero attached hydrogens (tertiary/aromatic N) is 7. The Balaban J connectivity index is 2.06. The number of carbonyl (C=O) groups is 1.